The molecule has 3 nitrogen and oxygen atoms in total. The number of allylic oxidation sites excluding steroid dienone is 1. The van der Waals surface area contributed by atoms with Gasteiger partial charge in [0.25, 0.3) is 0 Å². The number of hydrogen-bond donors (Lipinski definition) is 1. The molecule has 0 aliphatic carbocycles. The molecule has 0 aromatic rings. The summed E-state index contributed by atoms with van der Waals surface area (Å²) in [5, 5.41) is 4.80. The molecule has 1 heterocycles. The van der Waals surface area contributed by atoms with Crippen molar-refractivity contribution in [3.05, 3.63) is 11.2 Å². The molecule has 1 N–H and O–H groups in total. The van der Waals surface area contributed by atoms with Crippen molar-refractivity contribution >= 4 is 40.3 Å². The Hall–Kier alpha value is -0.0600. The number of nitrogens with zero attached hydrogens (tertiary/aromatic N) is 2. The van der Waals surface area contributed by atoms with Crippen molar-refractivity contribution in [3.63, 3.8) is 0 Å². The molecule has 0 bridgehead atoms. The SMILES string of the molecule is CCCCCSN1N=C(Cl)C(Cl)=CN1. The van der Waals surface area contributed by atoms with Gasteiger partial charge < -0.3 is 0 Å². The zero-order valence-corrected chi connectivity index (χ0v) is 10.3. The Morgan fingerprint density at radius 1 is 1.50 bits per heavy atom. The fraction of sp³-hybridized carbons (Fsp3) is 0.625. The lowest BCUT2D eigenvalue weighted by molar-refractivity contribution is 0.428. The summed E-state index contributed by atoms with van der Waals surface area (Å²) >= 11 is 13.1. The summed E-state index contributed by atoms with van der Waals surface area (Å²) in [6, 6.07) is 0. The van der Waals surface area contributed by atoms with Gasteiger partial charge in [0, 0.05) is 12.0 Å². The molecule has 0 unspecified atom stereocenters. The molecular weight excluding hydrogens is 241 g/mol. The maximum absolute atomic E-state index is 5.76. The fourth-order valence-electron chi connectivity index (χ4n) is 0.897. The molecule has 0 saturated heterocycles. The first kappa shape index (κ1) is 12.0. The summed E-state index contributed by atoms with van der Waals surface area (Å²) in [7, 11) is 0. The van der Waals surface area contributed by atoms with Crippen LogP contribution in [0.15, 0.2) is 16.3 Å². The molecule has 0 radical (unpaired) electrons. The highest BCUT2D eigenvalue weighted by atomic mass is 35.5. The van der Waals surface area contributed by atoms with Gasteiger partial charge in [0.15, 0.2) is 5.17 Å². The lowest BCUT2D eigenvalue weighted by atomic mass is 10.3. The van der Waals surface area contributed by atoms with E-state index in [4.69, 9.17) is 23.2 Å². The first-order chi connectivity index (χ1) is 6.74. The topological polar surface area (TPSA) is 27.6 Å². The molecule has 80 valence electrons. The van der Waals surface area contributed by atoms with Crippen LogP contribution in [-0.4, -0.2) is 15.4 Å². The molecular formula is C8H13Cl2N3S. The van der Waals surface area contributed by atoms with Crippen LogP contribution in [0.1, 0.15) is 26.2 Å². The Morgan fingerprint density at radius 2 is 2.29 bits per heavy atom. The Balaban J connectivity index is 2.22. The second kappa shape index (κ2) is 6.43. The standard InChI is InChI=1S/C8H13Cl2N3S/c1-2-3-4-5-14-13-11-6-7(9)8(10)12-13/h6,11H,2-5H2,1H3. The van der Waals surface area contributed by atoms with Crippen molar-refractivity contribution in [2.75, 3.05) is 5.75 Å². The first-order valence-electron chi connectivity index (χ1n) is 4.53. The number of unbranched alkanes of at least 4 members (excludes halogenated alkanes) is 2. The van der Waals surface area contributed by atoms with Crippen molar-refractivity contribution in [2.45, 2.75) is 26.2 Å². The molecule has 1 aliphatic heterocycles. The minimum atomic E-state index is 0.327. The molecule has 1 rings (SSSR count). The predicted octanol–water partition coefficient (Wildman–Crippen LogP) is 3.28. The normalized spacial score (nSPS) is 16.1. The predicted molar refractivity (Wildman–Crippen MR) is 64.2 cm³/mol. The van der Waals surface area contributed by atoms with E-state index < -0.39 is 0 Å². The van der Waals surface area contributed by atoms with Gasteiger partial charge in [-0.25, -0.2) is 0 Å². The summed E-state index contributed by atoms with van der Waals surface area (Å²) in [6.45, 7) is 2.18. The third kappa shape index (κ3) is 3.98. The summed E-state index contributed by atoms with van der Waals surface area (Å²) in [5.41, 5.74) is 2.91. The van der Waals surface area contributed by atoms with Gasteiger partial charge in [0.1, 0.15) is 0 Å². The van der Waals surface area contributed by atoms with E-state index >= 15 is 0 Å². The quantitative estimate of drug-likeness (QED) is 0.602. The lowest BCUT2D eigenvalue weighted by Crippen LogP contribution is -2.27. The van der Waals surface area contributed by atoms with Gasteiger partial charge >= 0.3 is 0 Å². The van der Waals surface area contributed by atoms with E-state index in [2.05, 4.69) is 17.5 Å². The zero-order chi connectivity index (χ0) is 10.4. The minimum Gasteiger partial charge on any atom is -0.278 e. The number of rotatable bonds is 5. The second-order valence-corrected chi connectivity index (χ2v) is 4.60. The summed E-state index contributed by atoms with van der Waals surface area (Å²) in [4.78, 5) is 0. The molecule has 0 amide bonds. The van der Waals surface area contributed by atoms with E-state index in [1.54, 1.807) is 22.7 Å². The number of halogens is 2. The van der Waals surface area contributed by atoms with Crippen LogP contribution in [0.25, 0.3) is 0 Å². The van der Waals surface area contributed by atoms with E-state index in [1.807, 2.05) is 0 Å². The molecule has 0 fully saturated rings. The van der Waals surface area contributed by atoms with Crippen molar-refractivity contribution in [2.24, 2.45) is 5.10 Å². The number of nitrogens with one attached hydrogen (secondary N) is 1. The average Bonchev–Trinajstić information content (AvgIpc) is 2.18. The van der Waals surface area contributed by atoms with Crippen LogP contribution < -0.4 is 5.43 Å². The van der Waals surface area contributed by atoms with Crippen LogP contribution in [0, 0.1) is 0 Å². The van der Waals surface area contributed by atoms with E-state index in [0.717, 1.165) is 5.75 Å². The van der Waals surface area contributed by atoms with Gasteiger partial charge in [-0.05, 0) is 18.4 Å². The highest BCUT2D eigenvalue weighted by Crippen LogP contribution is 2.18. The summed E-state index contributed by atoms with van der Waals surface area (Å²) < 4.78 is 1.63. The van der Waals surface area contributed by atoms with Crippen molar-refractivity contribution in [1.29, 1.82) is 0 Å². The monoisotopic (exact) mass is 253 g/mol. The Morgan fingerprint density at radius 3 is 2.93 bits per heavy atom. The molecule has 14 heavy (non-hydrogen) atoms. The third-order valence-electron chi connectivity index (χ3n) is 1.64. The maximum Gasteiger partial charge on any atom is 0.172 e. The molecule has 0 aromatic heterocycles. The second-order valence-electron chi connectivity index (χ2n) is 2.83. The molecule has 0 spiro atoms. The van der Waals surface area contributed by atoms with Gasteiger partial charge in [-0.2, -0.15) is 0 Å². The van der Waals surface area contributed by atoms with E-state index in [1.165, 1.54) is 19.3 Å². The lowest BCUT2D eigenvalue weighted by Gasteiger charge is -2.20. The Labute approximate surface area is 98.6 Å². The van der Waals surface area contributed by atoms with Crippen molar-refractivity contribution in [1.82, 2.24) is 9.95 Å². The number of hydrazine groups is 1. The fourth-order valence-corrected chi connectivity index (χ4v) is 1.93. The van der Waals surface area contributed by atoms with Gasteiger partial charge in [0.2, 0.25) is 0 Å². The minimum absolute atomic E-state index is 0.327. The molecule has 1 aliphatic rings. The van der Waals surface area contributed by atoms with Crippen molar-refractivity contribution in [3.8, 4) is 0 Å². The number of hydrogen-bond acceptors (Lipinski definition) is 4. The van der Waals surface area contributed by atoms with E-state index in [9.17, 15) is 0 Å². The number of hydrazone groups is 1. The van der Waals surface area contributed by atoms with Crippen LogP contribution in [0.5, 0.6) is 0 Å². The van der Waals surface area contributed by atoms with Crippen molar-refractivity contribution < 1.29 is 0 Å². The maximum atomic E-state index is 5.76. The van der Waals surface area contributed by atoms with Gasteiger partial charge in [-0.15, -0.1) is 9.62 Å². The van der Waals surface area contributed by atoms with E-state index in [0.29, 0.717) is 10.2 Å². The summed E-state index contributed by atoms with van der Waals surface area (Å²) in [6.07, 6.45) is 5.28. The van der Waals surface area contributed by atoms with E-state index in [-0.39, 0.29) is 0 Å². The summed E-state index contributed by atoms with van der Waals surface area (Å²) in [5.74, 6) is 1.03. The highest BCUT2D eigenvalue weighted by Gasteiger charge is 2.10. The molecule has 6 heteroatoms. The van der Waals surface area contributed by atoms with Crippen LogP contribution in [0.3, 0.4) is 0 Å². The first-order valence-corrected chi connectivity index (χ1v) is 6.23. The average molecular weight is 254 g/mol. The van der Waals surface area contributed by atoms with Gasteiger partial charge in [0.05, 0.1) is 5.03 Å². The highest BCUT2D eigenvalue weighted by molar-refractivity contribution is 7.96. The van der Waals surface area contributed by atoms with Crippen LogP contribution >= 0.6 is 35.1 Å². The van der Waals surface area contributed by atoms with Gasteiger partial charge in [-0.3, -0.25) is 5.43 Å². The molecule has 0 aromatic carbocycles. The van der Waals surface area contributed by atoms with Crippen LogP contribution in [-0.2, 0) is 0 Å². The van der Waals surface area contributed by atoms with Gasteiger partial charge in [-0.1, -0.05) is 43.0 Å². The van der Waals surface area contributed by atoms with Crippen LogP contribution in [0.2, 0.25) is 0 Å². The molecule has 0 saturated carbocycles. The zero-order valence-electron chi connectivity index (χ0n) is 7.96. The third-order valence-corrected chi connectivity index (χ3v) is 3.21. The largest absolute Gasteiger partial charge is 0.278 e. The molecule has 0 atom stereocenters. The Kier molecular flexibility index (Phi) is 5.52. The Bertz CT molecular complexity index is 243. The van der Waals surface area contributed by atoms with Crippen LogP contribution in [0.4, 0.5) is 0 Å². The smallest absolute Gasteiger partial charge is 0.172 e.